The number of ether oxygens (including phenoxy) is 2. The van der Waals surface area contributed by atoms with Gasteiger partial charge in [-0.25, -0.2) is 24.5 Å². The van der Waals surface area contributed by atoms with E-state index in [1.807, 2.05) is 0 Å². The van der Waals surface area contributed by atoms with E-state index in [4.69, 9.17) is 39.0 Å². The molecule has 4 bridgehead atoms. The van der Waals surface area contributed by atoms with E-state index in [9.17, 15) is 23.9 Å². The van der Waals surface area contributed by atoms with E-state index in [0.29, 0.717) is 24.0 Å². The van der Waals surface area contributed by atoms with Crippen LogP contribution in [0.5, 0.6) is 0 Å². The van der Waals surface area contributed by atoms with E-state index in [-0.39, 0.29) is 22.9 Å². The molecule has 21 nitrogen and oxygen atoms in total. The number of aromatic amines is 1. The minimum absolute atomic E-state index is 0.0430. The molecule has 7 heterocycles. The number of fused-ring (bicyclic) bond motifs is 4. The smallest absolute Gasteiger partial charge is 0.387 e. The standard InChI is InChI=1S/C22H26N10O11P2/c23-15-10-16(26-5-25-15)31(6-27-10)19-8-1-2-22(41-19)4-39-45(36,37)43-13-12(33)9(3-38-44(35)42-14(8)22)40-20(13)32-7-28-11-17(32)29-21(24)30-18(11)34/h5-9,12-14,19-20,33,44H,1-4H2,(H,36,37)(H2,23,25,26)(H3,24,29,30,34). The molecule has 1 saturated carbocycles. The zero-order chi connectivity index (χ0) is 31.2. The number of hydrogen-bond acceptors (Lipinski definition) is 17. The van der Waals surface area contributed by atoms with Crippen LogP contribution in [0, 0.1) is 5.92 Å². The van der Waals surface area contributed by atoms with Crippen LogP contribution in [0.15, 0.2) is 23.8 Å². The number of aromatic nitrogens is 8. The molecule has 45 heavy (non-hydrogen) atoms. The van der Waals surface area contributed by atoms with E-state index in [2.05, 4.69) is 29.9 Å². The highest BCUT2D eigenvalue weighted by molar-refractivity contribution is 7.47. The van der Waals surface area contributed by atoms with Gasteiger partial charge < -0.3 is 40.0 Å². The number of nitrogen functional groups attached to an aromatic ring is 2. The van der Waals surface area contributed by atoms with Crippen molar-refractivity contribution >= 4 is 50.2 Å². The molecule has 7 N–H and O–H groups in total. The maximum Gasteiger partial charge on any atom is 0.472 e. The van der Waals surface area contributed by atoms with Crippen molar-refractivity contribution in [3.05, 3.63) is 29.3 Å². The Balaban J connectivity index is 1.12. The van der Waals surface area contributed by atoms with Crippen LogP contribution in [0.1, 0.15) is 25.3 Å². The van der Waals surface area contributed by atoms with Gasteiger partial charge in [-0.2, -0.15) is 4.98 Å². The minimum atomic E-state index is -4.97. The summed E-state index contributed by atoms with van der Waals surface area (Å²) in [5.74, 6) is -0.465. The molecule has 10 unspecified atom stereocenters. The Hall–Kier alpha value is -3.36. The third-order valence-electron chi connectivity index (χ3n) is 8.54. The van der Waals surface area contributed by atoms with Crippen molar-refractivity contribution in [2.45, 2.75) is 55.3 Å². The molecule has 4 aromatic rings. The van der Waals surface area contributed by atoms with Gasteiger partial charge in [0.1, 0.15) is 48.1 Å². The van der Waals surface area contributed by atoms with Gasteiger partial charge in [0.2, 0.25) is 5.95 Å². The number of aliphatic hydroxyl groups excluding tert-OH is 1. The van der Waals surface area contributed by atoms with Gasteiger partial charge in [0.15, 0.2) is 28.9 Å². The van der Waals surface area contributed by atoms with Crippen LogP contribution in [-0.2, 0) is 36.7 Å². The second-order valence-electron chi connectivity index (χ2n) is 11.1. The zero-order valence-electron chi connectivity index (χ0n) is 22.9. The lowest BCUT2D eigenvalue weighted by Crippen LogP contribution is -2.42. The van der Waals surface area contributed by atoms with Crippen LogP contribution < -0.4 is 17.0 Å². The number of aliphatic hydroxyl groups is 1. The van der Waals surface area contributed by atoms with E-state index in [1.54, 1.807) is 4.57 Å². The van der Waals surface area contributed by atoms with Crippen molar-refractivity contribution in [3.63, 3.8) is 0 Å². The Bertz CT molecular complexity index is 1950. The second kappa shape index (κ2) is 10.3. The molecule has 10 atom stereocenters. The van der Waals surface area contributed by atoms with Crippen LogP contribution in [0.25, 0.3) is 22.3 Å². The summed E-state index contributed by atoms with van der Waals surface area (Å²) in [6.45, 7) is -0.970. The Morgan fingerprint density at radius 2 is 1.89 bits per heavy atom. The summed E-state index contributed by atoms with van der Waals surface area (Å²) in [7, 11) is -8.23. The van der Waals surface area contributed by atoms with E-state index < -0.39 is 83.2 Å². The topological polar surface area (TPSA) is 289 Å². The number of H-pyrrole nitrogens is 1. The van der Waals surface area contributed by atoms with E-state index in [0.717, 1.165) is 0 Å². The second-order valence-corrected chi connectivity index (χ2v) is 13.5. The van der Waals surface area contributed by atoms with Gasteiger partial charge >= 0.3 is 16.1 Å². The molecule has 4 fully saturated rings. The van der Waals surface area contributed by atoms with Gasteiger partial charge in [-0.15, -0.1) is 0 Å². The van der Waals surface area contributed by atoms with Crippen LogP contribution in [0.4, 0.5) is 11.8 Å². The number of imidazole rings is 2. The van der Waals surface area contributed by atoms with Gasteiger partial charge in [-0.3, -0.25) is 32.5 Å². The molecule has 240 valence electrons. The molecule has 0 spiro atoms. The van der Waals surface area contributed by atoms with Crippen molar-refractivity contribution in [1.29, 1.82) is 0 Å². The molecule has 0 radical (unpaired) electrons. The fraction of sp³-hybridized carbons (Fsp3) is 0.545. The van der Waals surface area contributed by atoms with Crippen molar-refractivity contribution in [3.8, 4) is 0 Å². The largest absolute Gasteiger partial charge is 0.472 e. The summed E-state index contributed by atoms with van der Waals surface area (Å²) in [6, 6.07) is 0. The highest BCUT2D eigenvalue weighted by Crippen LogP contribution is 2.59. The average molecular weight is 668 g/mol. The number of nitrogens with one attached hydrogen (secondary N) is 1. The number of phosphoric acid groups is 1. The maximum atomic E-state index is 13.4. The highest BCUT2D eigenvalue weighted by Gasteiger charge is 2.63. The molecule has 3 saturated heterocycles. The Labute approximate surface area is 251 Å². The van der Waals surface area contributed by atoms with Gasteiger partial charge in [-0.1, -0.05) is 0 Å². The molecule has 23 heteroatoms. The summed E-state index contributed by atoms with van der Waals surface area (Å²) in [6.07, 6.45) is -2.61. The van der Waals surface area contributed by atoms with Crippen LogP contribution in [-0.4, -0.2) is 92.3 Å². The first-order valence-electron chi connectivity index (χ1n) is 13.7. The third-order valence-corrected chi connectivity index (χ3v) is 10.4. The first kappa shape index (κ1) is 29.1. The minimum Gasteiger partial charge on any atom is -0.387 e. The molecular weight excluding hydrogens is 642 g/mol. The fourth-order valence-corrected chi connectivity index (χ4v) is 8.47. The Morgan fingerprint density at radius 3 is 2.71 bits per heavy atom. The summed E-state index contributed by atoms with van der Waals surface area (Å²) in [5.41, 5.74) is 10.3. The lowest BCUT2D eigenvalue weighted by Gasteiger charge is -2.33. The average Bonchev–Trinajstić information content (AvgIpc) is 3.80. The maximum absolute atomic E-state index is 13.4. The molecule has 4 aromatic heterocycles. The Morgan fingerprint density at radius 1 is 1.11 bits per heavy atom. The number of nitrogens with zero attached hydrogens (tertiary/aromatic N) is 7. The lowest BCUT2D eigenvalue weighted by atomic mass is 10.0. The monoisotopic (exact) mass is 668 g/mol. The molecule has 1 aliphatic carbocycles. The summed E-state index contributed by atoms with van der Waals surface area (Å²) in [5, 5.41) is 11.1. The third kappa shape index (κ3) is 4.62. The molecule has 0 aromatic carbocycles. The zero-order valence-corrected chi connectivity index (χ0v) is 24.8. The van der Waals surface area contributed by atoms with Crippen molar-refractivity contribution < 1.29 is 46.7 Å². The van der Waals surface area contributed by atoms with Crippen molar-refractivity contribution in [1.82, 2.24) is 39.0 Å². The predicted molar refractivity (Wildman–Crippen MR) is 148 cm³/mol. The number of anilines is 2. The van der Waals surface area contributed by atoms with Crippen LogP contribution in [0.2, 0.25) is 0 Å². The molecular formula is C22H26N10O11P2. The SMILES string of the molecule is Nc1nc2c(ncn2C2OC3CO[PH](=O)OC4C5CCC4(COP(=O)(O)OC2C3O)OC5n2cnc3c(N)ncnc32)c(=O)[nH]1. The quantitative estimate of drug-likeness (QED) is 0.166. The number of rotatable bonds is 2. The highest BCUT2D eigenvalue weighted by atomic mass is 31.2. The van der Waals surface area contributed by atoms with Crippen molar-refractivity contribution in [2.75, 3.05) is 24.7 Å². The normalized spacial score (nSPS) is 38.6. The van der Waals surface area contributed by atoms with E-state index >= 15 is 0 Å². The molecule has 8 rings (SSSR count). The van der Waals surface area contributed by atoms with Gasteiger partial charge in [0, 0.05) is 5.92 Å². The first-order valence-corrected chi connectivity index (χ1v) is 16.4. The number of nitrogens with two attached hydrogens (primary N) is 2. The Kier molecular flexibility index (Phi) is 6.67. The molecule has 3 aliphatic heterocycles. The van der Waals surface area contributed by atoms with Gasteiger partial charge in [0.05, 0.1) is 25.9 Å². The van der Waals surface area contributed by atoms with Gasteiger partial charge in [-0.05, 0) is 12.8 Å². The first-order chi connectivity index (χ1) is 21.5. The summed E-state index contributed by atoms with van der Waals surface area (Å²) < 4.78 is 64.2. The molecule has 4 aliphatic rings. The lowest BCUT2D eigenvalue weighted by molar-refractivity contribution is -0.137. The summed E-state index contributed by atoms with van der Waals surface area (Å²) in [4.78, 5) is 46.2. The fourth-order valence-electron chi connectivity index (χ4n) is 6.53. The van der Waals surface area contributed by atoms with Crippen LogP contribution >= 0.6 is 16.1 Å². The molecule has 0 amide bonds. The van der Waals surface area contributed by atoms with Gasteiger partial charge in [0.25, 0.3) is 5.56 Å². The predicted octanol–water partition coefficient (Wildman–Crippen LogP) is -0.633. The van der Waals surface area contributed by atoms with Crippen molar-refractivity contribution in [2.24, 2.45) is 5.92 Å². The summed E-state index contributed by atoms with van der Waals surface area (Å²) >= 11 is 0. The number of phosphoric ester groups is 1. The van der Waals surface area contributed by atoms with E-state index in [1.165, 1.54) is 23.5 Å². The van der Waals surface area contributed by atoms with Crippen LogP contribution in [0.3, 0.4) is 0 Å². The number of hydrogen-bond donors (Lipinski definition) is 5.